The van der Waals surface area contributed by atoms with Gasteiger partial charge in [-0.25, -0.2) is 14.8 Å². The van der Waals surface area contributed by atoms with E-state index >= 15 is 0 Å². The lowest BCUT2D eigenvalue weighted by Crippen LogP contribution is -2.32. The minimum absolute atomic E-state index is 0.124. The molecular weight excluding hydrogens is 501 g/mol. The van der Waals surface area contributed by atoms with Crippen molar-refractivity contribution >= 4 is 34.9 Å². The number of aromatic nitrogens is 2. The van der Waals surface area contributed by atoms with Crippen LogP contribution in [0.2, 0.25) is 0 Å². The number of hydrogen-bond donors (Lipinski definition) is 3. The molecule has 0 spiro atoms. The van der Waals surface area contributed by atoms with E-state index < -0.39 is 23.7 Å². The minimum Gasteiger partial charge on any atom is -0.376 e. The van der Waals surface area contributed by atoms with Crippen molar-refractivity contribution in [3.8, 4) is 0 Å². The molecule has 3 N–H and O–H groups in total. The summed E-state index contributed by atoms with van der Waals surface area (Å²) in [6.45, 7) is 3.03. The van der Waals surface area contributed by atoms with Crippen molar-refractivity contribution in [2.45, 2.75) is 32.0 Å². The average Bonchev–Trinajstić information content (AvgIpc) is 3.43. The second-order valence-corrected chi connectivity index (χ2v) is 8.78. The number of nitrogens with one attached hydrogen (secondary N) is 3. The van der Waals surface area contributed by atoms with Crippen LogP contribution in [-0.4, -0.2) is 48.2 Å². The summed E-state index contributed by atoms with van der Waals surface area (Å²) in [5.74, 6) is 0.212. The fourth-order valence-electron chi connectivity index (χ4n) is 3.89. The summed E-state index contributed by atoms with van der Waals surface area (Å²) >= 11 is 0. The fourth-order valence-corrected chi connectivity index (χ4v) is 3.89. The van der Waals surface area contributed by atoms with E-state index in [1.54, 1.807) is 38.2 Å². The van der Waals surface area contributed by atoms with Gasteiger partial charge < -0.3 is 20.7 Å². The predicted molar refractivity (Wildman–Crippen MR) is 137 cm³/mol. The Morgan fingerprint density at radius 1 is 1.08 bits per heavy atom. The van der Waals surface area contributed by atoms with Gasteiger partial charge in [0.2, 0.25) is 0 Å². The maximum Gasteiger partial charge on any atom is 0.416 e. The van der Waals surface area contributed by atoms with Gasteiger partial charge in [0.05, 0.1) is 11.7 Å². The number of rotatable bonds is 7. The van der Waals surface area contributed by atoms with Gasteiger partial charge in [-0.3, -0.25) is 9.69 Å². The first-order chi connectivity index (χ1) is 18.1. The van der Waals surface area contributed by atoms with Crippen LogP contribution in [0.25, 0.3) is 0 Å². The van der Waals surface area contributed by atoms with Gasteiger partial charge in [-0.2, -0.15) is 13.2 Å². The smallest absolute Gasteiger partial charge is 0.376 e. The molecule has 3 aromatic rings. The van der Waals surface area contributed by atoms with E-state index in [-0.39, 0.29) is 11.7 Å². The van der Waals surface area contributed by atoms with Crippen molar-refractivity contribution in [2.75, 3.05) is 41.0 Å². The number of alkyl halides is 3. The number of hydrogen-bond acceptors (Lipinski definition) is 6. The van der Waals surface area contributed by atoms with Crippen LogP contribution in [-0.2, 0) is 10.9 Å². The van der Waals surface area contributed by atoms with E-state index in [0.29, 0.717) is 35.1 Å². The number of amides is 3. The molecule has 1 saturated heterocycles. The van der Waals surface area contributed by atoms with E-state index in [4.69, 9.17) is 4.74 Å². The first kappa shape index (κ1) is 26.9. The van der Waals surface area contributed by atoms with Crippen LogP contribution in [0.15, 0.2) is 54.9 Å². The zero-order valence-corrected chi connectivity index (χ0v) is 20.8. The average molecular weight is 529 g/mol. The van der Waals surface area contributed by atoms with Crippen LogP contribution in [0.3, 0.4) is 0 Å². The Balaban J connectivity index is 1.42. The molecule has 2 heterocycles. The lowest BCUT2D eigenvalue weighted by Gasteiger charge is -2.20. The Bertz CT molecular complexity index is 1310. The van der Waals surface area contributed by atoms with Crippen LogP contribution < -0.4 is 20.9 Å². The molecule has 1 aromatic heterocycles. The number of benzene rings is 2. The molecule has 0 saturated carbocycles. The molecule has 9 nitrogen and oxygen atoms in total. The number of carbonyl (C=O) groups is 2. The van der Waals surface area contributed by atoms with Gasteiger partial charge in [-0.15, -0.1) is 0 Å². The number of carbonyl (C=O) groups excluding carboxylic acids is 2. The highest BCUT2D eigenvalue weighted by molar-refractivity contribution is 6.06. The third kappa shape index (κ3) is 6.57. The highest BCUT2D eigenvalue weighted by Gasteiger charge is 2.31. The molecule has 4 rings (SSSR count). The van der Waals surface area contributed by atoms with E-state index in [1.807, 2.05) is 0 Å². The second kappa shape index (κ2) is 11.5. The van der Waals surface area contributed by atoms with Crippen LogP contribution >= 0.6 is 0 Å². The monoisotopic (exact) mass is 528 g/mol. The van der Waals surface area contributed by atoms with Crippen molar-refractivity contribution in [3.05, 3.63) is 71.5 Å². The Morgan fingerprint density at radius 3 is 2.53 bits per heavy atom. The third-order valence-electron chi connectivity index (χ3n) is 6.11. The number of anilines is 4. The molecule has 1 unspecified atom stereocenters. The lowest BCUT2D eigenvalue weighted by atomic mass is 10.1. The number of urea groups is 1. The summed E-state index contributed by atoms with van der Waals surface area (Å²) in [6.07, 6.45) is -1.08. The normalized spacial score (nSPS) is 15.1. The Hall–Kier alpha value is -4.19. The van der Waals surface area contributed by atoms with Gasteiger partial charge in [0.25, 0.3) is 5.91 Å². The second-order valence-electron chi connectivity index (χ2n) is 8.78. The van der Waals surface area contributed by atoms with Crippen molar-refractivity contribution in [3.63, 3.8) is 0 Å². The predicted octanol–water partition coefficient (Wildman–Crippen LogP) is 5.32. The molecule has 0 radical (unpaired) electrons. The fraction of sp³-hybridized carbons (Fsp3) is 0.308. The van der Waals surface area contributed by atoms with Gasteiger partial charge >= 0.3 is 12.2 Å². The van der Waals surface area contributed by atoms with Gasteiger partial charge in [-0.1, -0.05) is 12.1 Å². The summed E-state index contributed by atoms with van der Waals surface area (Å²) in [5.41, 5.74) is 0.225. The van der Waals surface area contributed by atoms with Crippen molar-refractivity contribution in [1.29, 1.82) is 0 Å². The molecule has 1 aliphatic heterocycles. The molecule has 1 fully saturated rings. The molecule has 38 heavy (non-hydrogen) atoms. The molecule has 0 bridgehead atoms. The molecule has 3 amide bonds. The van der Waals surface area contributed by atoms with Crippen LogP contribution in [0.4, 0.5) is 41.0 Å². The van der Waals surface area contributed by atoms with Crippen LogP contribution in [0.5, 0.6) is 0 Å². The van der Waals surface area contributed by atoms with Gasteiger partial charge in [0.15, 0.2) is 0 Å². The molecule has 200 valence electrons. The van der Waals surface area contributed by atoms with E-state index in [9.17, 15) is 22.8 Å². The standard InChI is InChI=1S/C26H27F3N6O3/c1-16-20(33-24(36)17-6-3-7-18(12-17)26(27,28)29)9-4-10-21(16)34-25(37)35(2)23-13-22(31-15-32-23)30-14-19-8-5-11-38-19/h3-4,6-7,9-10,12-13,15,19H,5,8,11,14H2,1-2H3,(H,33,36)(H,34,37)(H,30,31,32). The van der Waals surface area contributed by atoms with Crippen molar-refractivity contribution < 1.29 is 27.5 Å². The van der Waals surface area contributed by atoms with Crippen LogP contribution in [0, 0.1) is 6.92 Å². The Morgan fingerprint density at radius 2 is 1.82 bits per heavy atom. The zero-order chi connectivity index (χ0) is 27.3. The number of nitrogens with zero attached hydrogens (tertiary/aromatic N) is 3. The van der Waals surface area contributed by atoms with Crippen molar-refractivity contribution in [2.24, 2.45) is 0 Å². The van der Waals surface area contributed by atoms with Crippen LogP contribution in [0.1, 0.15) is 34.3 Å². The molecule has 1 atom stereocenters. The number of halogens is 3. The topological polar surface area (TPSA) is 108 Å². The van der Waals surface area contributed by atoms with E-state index in [0.717, 1.165) is 31.6 Å². The maximum absolute atomic E-state index is 13.0. The molecule has 12 heteroatoms. The molecule has 0 aliphatic carbocycles. The quantitative estimate of drug-likeness (QED) is 0.383. The summed E-state index contributed by atoms with van der Waals surface area (Å²) in [6, 6.07) is 10.2. The first-order valence-electron chi connectivity index (χ1n) is 11.9. The van der Waals surface area contributed by atoms with Crippen molar-refractivity contribution in [1.82, 2.24) is 9.97 Å². The number of ether oxygens (including phenoxy) is 1. The van der Waals surface area contributed by atoms with Gasteiger partial charge in [-0.05, 0) is 55.7 Å². The maximum atomic E-state index is 13.0. The highest BCUT2D eigenvalue weighted by atomic mass is 19.4. The molecular formula is C26H27F3N6O3. The summed E-state index contributed by atoms with van der Waals surface area (Å²) in [5, 5.41) is 8.58. The van der Waals surface area contributed by atoms with Gasteiger partial charge in [0.1, 0.15) is 18.0 Å². The Labute approximate surface area is 217 Å². The SMILES string of the molecule is Cc1c(NC(=O)c2cccc(C(F)(F)F)c2)cccc1NC(=O)N(C)c1cc(NCC2CCCO2)ncn1. The minimum atomic E-state index is -4.56. The summed E-state index contributed by atoms with van der Waals surface area (Å²) in [4.78, 5) is 35.3. The van der Waals surface area contributed by atoms with E-state index in [1.165, 1.54) is 23.4 Å². The zero-order valence-electron chi connectivity index (χ0n) is 20.8. The summed E-state index contributed by atoms with van der Waals surface area (Å²) in [7, 11) is 1.55. The summed E-state index contributed by atoms with van der Waals surface area (Å²) < 4.78 is 44.6. The van der Waals surface area contributed by atoms with Gasteiger partial charge in [0, 0.05) is 43.2 Å². The first-order valence-corrected chi connectivity index (χ1v) is 11.9. The molecule has 2 aromatic carbocycles. The molecule has 1 aliphatic rings. The largest absolute Gasteiger partial charge is 0.416 e. The highest BCUT2D eigenvalue weighted by Crippen LogP contribution is 2.30. The lowest BCUT2D eigenvalue weighted by molar-refractivity contribution is -0.137. The third-order valence-corrected chi connectivity index (χ3v) is 6.11. The van der Waals surface area contributed by atoms with E-state index in [2.05, 4.69) is 25.9 Å². The Kier molecular flexibility index (Phi) is 8.10.